The Labute approximate surface area is 94.5 Å². The maximum Gasteiger partial charge on any atom is 0.339 e. The molecule has 5 heteroatoms. The van der Waals surface area contributed by atoms with Crippen LogP contribution in [0.3, 0.4) is 0 Å². The lowest BCUT2D eigenvalue weighted by Gasteiger charge is -2.09. The Morgan fingerprint density at radius 3 is 2.94 bits per heavy atom. The summed E-state index contributed by atoms with van der Waals surface area (Å²) in [5.41, 5.74) is 0.964. The quantitative estimate of drug-likeness (QED) is 0.717. The van der Waals surface area contributed by atoms with Gasteiger partial charge in [0, 0.05) is 18.8 Å². The fourth-order valence-corrected chi connectivity index (χ4v) is 1.25. The molecular formula is C11H16N2O3. The van der Waals surface area contributed by atoms with E-state index in [-0.39, 0.29) is 5.56 Å². The molecule has 1 heterocycles. The monoisotopic (exact) mass is 224 g/mol. The topological polar surface area (TPSA) is 71.5 Å². The van der Waals surface area contributed by atoms with E-state index in [1.165, 1.54) is 0 Å². The molecule has 1 aromatic rings. The molecule has 0 aliphatic heterocycles. The van der Waals surface area contributed by atoms with E-state index >= 15 is 0 Å². The standard InChI is InChI=1S/C11H16N2O3/c1-3-16-7-6-12-10-9(11(14)15)5-4-8(2)13-10/h4-5H,3,6-7H2,1-2H3,(H,12,13)(H,14,15). The number of hydrogen-bond acceptors (Lipinski definition) is 4. The van der Waals surface area contributed by atoms with E-state index in [0.717, 1.165) is 5.69 Å². The molecule has 0 atom stereocenters. The Hall–Kier alpha value is -1.62. The summed E-state index contributed by atoms with van der Waals surface area (Å²) in [7, 11) is 0. The van der Waals surface area contributed by atoms with Crippen molar-refractivity contribution in [3.63, 3.8) is 0 Å². The molecule has 0 saturated carbocycles. The summed E-state index contributed by atoms with van der Waals surface area (Å²) in [6, 6.07) is 3.23. The zero-order valence-corrected chi connectivity index (χ0v) is 9.49. The highest BCUT2D eigenvalue weighted by Crippen LogP contribution is 2.12. The van der Waals surface area contributed by atoms with Crippen molar-refractivity contribution < 1.29 is 14.6 Å². The van der Waals surface area contributed by atoms with Crippen LogP contribution in [0.1, 0.15) is 23.0 Å². The van der Waals surface area contributed by atoms with Gasteiger partial charge in [0.2, 0.25) is 0 Å². The third-order valence-electron chi connectivity index (χ3n) is 2.01. The van der Waals surface area contributed by atoms with Crippen LogP contribution in [-0.2, 0) is 4.74 Å². The molecule has 0 unspecified atom stereocenters. The van der Waals surface area contributed by atoms with Crippen molar-refractivity contribution in [2.75, 3.05) is 25.1 Å². The number of pyridine rings is 1. The van der Waals surface area contributed by atoms with Gasteiger partial charge in [-0.25, -0.2) is 9.78 Å². The van der Waals surface area contributed by atoms with Gasteiger partial charge >= 0.3 is 5.97 Å². The van der Waals surface area contributed by atoms with Crippen LogP contribution >= 0.6 is 0 Å². The van der Waals surface area contributed by atoms with Crippen molar-refractivity contribution in [2.24, 2.45) is 0 Å². The lowest BCUT2D eigenvalue weighted by molar-refractivity contribution is 0.0697. The maximum atomic E-state index is 10.9. The predicted molar refractivity (Wildman–Crippen MR) is 60.9 cm³/mol. The van der Waals surface area contributed by atoms with Gasteiger partial charge in [0.1, 0.15) is 11.4 Å². The van der Waals surface area contributed by atoms with Crippen LogP contribution in [0.25, 0.3) is 0 Å². The van der Waals surface area contributed by atoms with Gasteiger partial charge in [-0.05, 0) is 26.0 Å². The first-order chi connectivity index (χ1) is 7.65. The van der Waals surface area contributed by atoms with Crippen molar-refractivity contribution in [1.82, 2.24) is 4.98 Å². The molecule has 0 fully saturated rings. The average Bonchev–Trinajstić information content (AvgIpc) is 2.24. The summed E-state index contributed by atoms with van der Waals surface area (Å²) < 4.78 is 5.15. The molecule has 0 aliphatic rings. The summed E-state index contributed by atoms with van der Waals surface area (Å²) in [5, 5.41) is 11.9. The summed E-state index contributed by atoms with van der Waals surface area (Å²) in [5.74, 6) is -0.585. The molecule has 16 heavy (non-hydrogen) atoms. The van der Waals surface area contributed by atoms with Gasteiger partial charge < -0.3 is 15.2 Å². The first kappa shape index (κ1) is 12.4. The van der Waals surface area contributed by atoms with E-state index in [4.69, 9.17) is 9.84 Å². The number of nitrogens with zero attached hydrogens (tertiary/aromatic N) is 1. The van der Waals surface area contributed by atoms with Crippen LogP contribution in [0.5, 0.6) is 0 Å². The summed E-state index contributed by atoms with van der Waals surface area (Å²) in [4.78, 5) is 15.1. The van der Waals surface area contributed by atoms with E-state index in [1.807, 2.05) is 13.8 Å². The fraction of sp³-hybridized carbons (Fsp3) is 0.455. The SMILES string of the molecule is CCOCCNc1nc(C)ccc1C(=O)O. The Kier molecular flexibility index (Phi) is 4.72. The second-order valence-electron chi connectivity index (χ2n) is 3.28. The minimum atomic E-state index is -0.980. The van der Waals surface area contributed by atoms with E-state index in [9.17, 15) is 4.79 Å². The largest absolute Gasteiger partial charge is 0.478 e. The molecule has 0 bridgehead atoms. The minimum absolute atomic E-state index is 0.182. The Morgan fingerprint density at radius 1 is 1.56 bits per heavy atom. The molecule has 0 amide bonds. The number of carbonyl (C=O) groups is 1. The highest BCUT2D eigenvalue weighted by molar-refractivity contribution is 5.93. The van der Waals surface area contributed by atoms with Crippen LogP contribution in [0.4, 0.5) is 5.82 Å². The van der Waals surface area contributed by atoms with E-state index in [2.05, 4.69) is 10.3 Å². The van der Waals surface area contributed by atoms with Crippen LogP contribution in [0.2, 0.25) is 0 Å². The Morgan fingerprint density at radius 2 is 2.31 bits per heavy atom. The maximum absolute atomic E-state index is 10.9. The Bertz CT molecular complexity index is 366. The fourth-order valence-electron chi connectivity index (χ4n) is 1.25. The number of aromatic nitrogens is 1. The van der Waals surface area contributed by atoms with Crippen molar-refractivity contribution >= 4 is 11.8 Å². The molecule has 0 saturated heterocycles. The molecule has 0 radical (unpaired) electrons. The number of carboxylic acids is 1. The van der Waals surface area contributed by atoms with Crippen LogP contribution < -0.4 is 5.32 Å². The van der Waals surface area contributed by atoms with Gasteiger partial charge in [0.15, 0.2) is 0 Å². The van der Waals surface area contributed by atoms with Crippen molar-refractivity contribution in [2.45, 2.75) is 13.8 Å². The second kappa shape index (κ2) is 6.07. The molecule has 5 nitrogen and oxygen atoms in total. The molecule has 2 N–H and O–H groups in total. The smallest absolute Gasteiger partial charge is 0.339 e. The number of ether oxygens (including phenoxy) is 1. The normalized spacial score (nSPS) is 10.1. The lowest BCUT2D eigenvalue weighted by Crippen LogP contribution is -2.14. The van der Waals surface area contributed by atoms with Gasteiger partial charge in [-0.2, -0.15) is 0 Å². The third kappa shape index (κ3) is 3.51. The third-order valence-corrected chi connectivity index (χ3v) is 2.01. The minimum Gasteiger partial charge on any atom is -0.478 e. The number of nitrogens with one attached hydrogen (secondary N) is 1. The van der Waals surface area contributed by atoms with Crippen LogP contribution in [-0.4, -0.2) is 35.8 Å². The first-order valence-electron chi connectivity index (χ1n) is 5.17. The summed E-state index contributed by atoms with van der Waals surface area (Å²) in [6.07, 6.45) is 0. The first-order valence-corrected chi connectivity index (χ1v) is 5.17. The number of carboxylic acid groups (broad SMARTS) is 1. The molecule has 88 valence electrons. The molecule has 1 aromatic heterocycles. The highest BCUT2D eigenvalue weighted by Gasteiger charge is 2.10. The van der Waals surface area contributed by atoms with Gasteiger partial charge in [-0.3, -0.25) is 0 Å². The van der Waals surface area contributed by atoms with Gasteiger partial charge in [0.05, 0.1) is 6.61 Å². The molecule has 0 spiro atoms. The van der Waals surface area contributed by atoms with Gasteiger partial charge in [-0.1, -0.05) is 0 Å². The van der Waals surface area contributed by atoms with Crippen molar-refractivity contribution in [3.05, 3.63) is 23.4 Å². The zero-order valence-electron chi connectivity index (χ0n) is 9.49. The van der Waals surface area contributed by atoms with E-state index in [0.29, 0.717) is 25.6 Å². The van der Waals surface area contributed by atoms with Gasteiger partial charge in [0.25, 0.3) is 0 Å². The van der Waals surface area contributed by atoms with Crippen molar-refractivity contribution in [3.8, 4) is 0 Å². The predicted octanol–water partition coefficient (Wildman–Crippen LogP) is 1.54. The van der Waals surface area contributed by atoms with E-state index < -0.39 is 5.97 Å². The average molecular weight is 224 g/mol. The number of aromatic carboxylic acids is 1. The van der Waals surface area contributed by atoms with Crippen molar-refractivity contribution in [1.29, 1.82) is 0 Å². The Balaban J connectivity index is 2.68. The van der Waals surface area contributed by atoms with Crippen LogP contribution in [0, 0.1) is 6.92 Å². The van der Waals surface area contributed by atoms with Crippen LogP contribution in [0.15, 0.2) is 12.1 Å². The molecule has 0 aliphatic carbocycles. The molecule has 0 aromatic carbocycles. The number of anilines is 1. The lowest BCUT2D eigenvalue weighted by atomic mass is 10.2. The van der Waals surface area contributed by atoms with Gasteiger partial charge in [-0.15, -0.1) is 0 Å². The number of hydrogen-bond donors (Lipinski definition) is 2. The number of aryl methyl sites for hydroxylation is 1. The zero-order chi connectivity index (χ0) is 12.0. The second-order valence-corrected chi connectivity index (χ2v) is 3.28. The van der Waals surface area contributed by atoms with E-state index in [1.54, 1.807) is 12.1 Å². The molecule has 1 rings (SSSR count). The summed E-state index contributed by atoms with van der Waals surface area (Å²) in [6.45, 7) is 5.46. The highest BCUT2D eigenvalue weighted by atomic mass is 16.5. The molecular weight excluding hydrogens is 208 g/mol. The number of rotatable bonds is 6. The summed E-state index contributed by atoms with van der Waals surface area (Å²) >= 11 is 0.